The lowest BCUT2D eigenvalue weighted by atomic mass is 10.1. The Morgan fingerprint density at radius 1 is 1.03 bits per heavy atom. The van der Waals surface area contributed by atoms with Gasteiger partial charge in [0.1, 0.15) is 0 Å². The summed E-state index contributed by atoms with van der Waals surface area (Å²) in [4.78, 5) is 11.3. The zero-order valence-corrected chi connectivity index (χ0v) is 20.5. The number of guanidine groups is 2. The van der Waals surface area contributed by atoms with E-state index in [9.17, 15) is 0 Å². The summed E-state index contributed by atoms with van der Waals surface area (Å²) in [6, 6.07) is 18.7. The molecule has 0 amide bonds. The first-order chi connectivity index (χ1) is 17.1. The van der Waals surface area contributed by atoms with Crippen LogP contribution in [0.15, 0.2) is 88.2 Å². The van der Waals surface area contributed by atoms with E-state index in [0.717, 1.165) is 67.4 Å². The molecule has 3 N–H and O–H groups in total. The number of likely N-dealkylation sites (tertiary alicyclic amines) is 1. The monoisotopic (exact) mass is 469 g/mol. The van der Waals surface area contributed by atoms with Crippen molar-refractivity contribution in [1.82, 2.24) is 14.9 Å². The fourth-order valence-corrected chi connectivity index (χ4v) is 4.36. The van der Waals surface area contributed by atoms with E-state index in [4.69, 9.17) is 5.73 Å². The molecule has 1 aliphatic rings. The van der Waals surface area contributed by atoms with Crippen LogP contribution in [0.2, 0.25) is 0 Å². The molecule has 0 bridgehead atoms. The highest BCUT2D eigenvalue weighted by molar-refractivity contribution is 6.00. The predicted molar refractivity (Wildman–Crippen MR) is 147 cm³/mol. The maximum atomic E-state index is 6.33. The van der Waals surface area contributed by atoms with Crippen LogP contribution in [0.3, 0.4) is 0 Å². The minimum absolute atomic E-state index is 0.356. The molecule has 0 radical (unpaired) electrons. The summed E-state index contributed by atoms with van der Waals surface area (Å²) in [5, 5.41) is 5.58. The number of para-hydroxylation sites is 1. The lowest BCUT2D eigenvalue weighted by Gasteiger charge is -2.27. The Morgan fingerprint density at radius 2 is 1.77 bits per heavy atom. The molecule has 3 aromatic rings. The molecule has 1 fully saturated rings. The van der Waals surface area contributed by atoms with Crippen LogP contribution in [0.1, 0.15) is 43.2 Å². The molecule has 7 heteroatoms. The highest BCUT2D eigenvalue weighted by Gasteiger charge is 2.13. The lowest BCUT2D eigenvalue weighted by molar-refractivity contribution is 0.339. The highest BCUT2D eigenvalue weighted by atomic mass is 15.4. The van der Waals surface area contributed by atoms with E-state index in [1.807, 2.05) is 25.2 Å². The second kappa shape index (κ2) is 12.0. The van der Waals surface area contributed by atoms with Crippen LogP contribution in [0.4, 0.5) is 0 Å². The Bertz CT molecular complexity index is 1210. The number of rotatable bonds is 7. The molecule has 7 nitrogen and oxygen atoms in total. The van der Waals surface area contributed by atoms with Gasteiger partial charge >= 0.3 is 0 Å². The molecule has 0 spiro atoms. The van der Waals surface area contributed by atoms with Gasteiger partial charge in [0.25, 0.3) is 0 Å². The number of hydrogen-bond donors (Lipinski definition) is 2. The number of aliphatic imine (C=N–C) groups is 2. The standard InChI is InChI=1S/C28H35N7/c1-22(12-11-15-23-13-5-3-6-14-23)31-28(32-27(29)35-18-9-4-10-19-35)33-30-20-24-21-34(2)26-17-8-7-16-25(24)26/h3,5-8,13-14,16-17,20-21H,1,4,9-12,15,18-19H2,2H3,(H3,29,31,32,33)/b30-20+. The van der Waals surface area contributed by atoms with E-state index in [1.165, 1.54) is 12.0 Å². The van der Waals surface area contributed by atoms with Crippen LogP contribution in [0.5, 0.6) is 0 Å². The second-order valence-electron chi connectivity index (χ2n) is 8.94. The number of hydrogen-bond acceptors (Lipinski definition) is 2. The van der Waals surface area contributed by atoms with Gasteiger partial charge < -0.3 is 15.2 Å². The number of aromatic nitrogens is 1. The van der Waals surface area contributed by atoms with Gasteiger partial charge in [-0.2, -0.15) is 10.1 Å². The first-order valence-corrected chi connectivity index (χ1v) is 12.3. The van der Waals surface area contributed by atoms with Gasteiger partial charge in [-0.05, 0) is 50.2 Å². The van der Waals surface area contributed by atoms with E-state index >= 15 is 0 Å². The molecule has 0 unspecified atom stereocenters. The predicted octanol–water partition coefficient (Wildman–Crippen LogP) is 4.80. The molecular weight excluding hydrogens is 434 g/mol. The molecule has 1 aromatic heterocycles. The lowest BCUT2D eigenvalue weighted by Crippen LogP contribution is -2.42. The van der Waals surface area contributed by atoms with Gasteiger partial charge in [-0.1, -0.05) is 55.1 Å². The third-order valence-corrected chi connectivity index (χ3v) is 6.23. The molecule has 182 valence electrons. The van der Waals surface area contributed by atoms with Crippen LogP contribution in [0.25, 0.3) is 10.9 Å². The van der Waals surface area contributed by atoms with Crippen LogP contribution in [-0.2, 0) is 13.5 Å². The summed E-state index contributed by atoms with van der Waals surface area (Å²) in [7, 11) is 2.03. The van der Waals surface area contributed by atoms with Crippen molar-refractivity contribution in [1.29, 1.82) is 0 Å². The van der Waals surface area contributed by atoms with Gasteiger partial charge in [0.15, 0.2) is 5.96 Å². The molecule has 0 saturated carbocycles. The van der Waals surface area contributed by atoms with Crippen molar-refractivity contribution in [2.24, 2.45) is 27.9 Å². The van der Waals surface area contributed by atoms with Gasteiger partial charge in [0.2, 0.25) is 5.96 Å². The molecule has 4 rings (SSSR count). The summed E-state index contributed by atoms with van der Waals surface area (Å²) in [5.41, 5.74) is 13.6. The number of nitrogens with zero attached hydrogens (tertiary/aromatic N) is 5. The van der Waals surface area contributed by atoms with Crippen molar-refractivity contribution in [3.63, 3.8) is 0 Å². The largest absolute Gasteiger partial charge is 0.369 e. The Labute approximate surface area is 207 Å². The number of nitrogens with one attached hydrogen (secondary N) is 1. The highest BCUT2D eigenvalue weighted by Crippen LogP contribution is 2.18. The molecule has 2 heterocycles. The first-order valence-electron chi connectivity index (χ1n) is 12.3. The molecule has 2 aromatic carbocycles. The number of fused-ring (bicyclic) bond motifs is 1. The van der Waals surface area contributed by atoms with Crippen LogP contribution in [0, 0.1) is 0 Å². The number of hydrazone groups is 1. The van der Waals surface area contributed by atoms with E-state index in [1.54, 1.807) is 6.21 Å². The summed E-state index contributed by atoms with van der Waals surface area (Å²) >= 11 is 0. The van der Waals surface area contributed by atoms with Crippen molar-refractivity contribution in [3.05, 3.63) is 84.2 Å². The average Bonchev–Trinajstić information content (AvgIpc) is 3.20. The summed E-state index contributed by atoms with van der Waals surface area (Å²) < 4.78 is 2.09. The third-order valence-electron chi connectivity index (χ3n) is 6.23. The van der Waals surface area contributed by atoms with Crippen molar-refractivity contribution in [2.45, 2.75) is 38.5 Å². The van der Waals surface area contributed by atoms with Crippen LogP contribution < -0.4 is 11.2 Å². The fraction of sp³-hybridized carbons (Fsp3) is 0.321. The Balaban J connectivity index is 1.46. The van der Waals surface area contributed by atoms with E-state index in [2.05, 4.69) is 79.2 Å². The summed E-state index contributed by atoms with van der Waals surface area (Å²) in [5.74, 6) is 0.822. The molecular formula is C28H35N7. The van der Waals surface area contributed by atoms with Crippen molar-refractivity contribution >= 4 is 29.0 Å². The Kier molecular flexibility index (Phi) is 8.33. The van der Waals surface area contributed by atoms with Crippen molar-refractivity contribution in [3.8, 4) is 0 Å². The van der Waals surface area contributed by atoms with Gasteiger partial charge in [-0.3, -0.25) is 0 Å². The smallest absolute Gasteiger partial charge is 0.246 e. The Hall–Kier alpha value is -3.87. The van der Waals surface area contributed by atoms with Gasteiger partial charge in [0.05, 0.1) is 6.21 Å². The van der Waals surface area contributed by atoms with Crippen LogP contribution in [-0.4, -0.2) is 40.7 Å². The Morgan fingerprint density at radius 3 is 2.57 bits per heavy atom. The molecule has 1 saturated heterocycles. The van der Waals surface area contributed by atoms with E-state index in [0.29, 0.717) is 11.9 Å². The molecule has 0 atom stereocenters. The van der Waals surface area contributed by atoms with E-state index in [-0.39, 0.29) is 0 Å². The van der Waals surface area contributed by atoms with Gasteiger partial charge in [-0.25, -0.2) is 10.4 Å². The van der Waals surface area contributed by atoms with Crippen molar-refractivity contribution < 1.29 is 0 Å². The quantitative estimate of drug-likeness (QED) is 0.296. The summed E-state index contributed by atoms with van der Waals surface area (Å²) in [6.07, 6.45) is 10.1. The number of allylic oxidation sites excluding steroid dienone is 1. The molecule has 0 aliphatic carbocycles. The number of benzene rings is 2. The van der Waals surface area contributed by atoms with Crippen molar-refractivity contribution in [2.75, 3.05) is 13.1 Å². The average molecular weight is 470 g/mol. The SMILES string of the molecule is C=C(CCCc1ccccc1)/N=C(\N=C(/N)N1CCCCC1)N/N=C/c1cn(C)c2ccccc12. The number of piperidine rings is 1. The third kappa shape index (κ3) is 6.82. The first kappa shape index (κ1) is 24.3. The zero-order chi connectivity index (χ0) is 24.5. The normalized spacial score (nSPS) is 15.2. The topological polar surface area (TPSA) is 83.3 Å². The zero-order valence-electron chi connectivity index (χ0n) is 20.5. The van der Waals surface area contributed by atoms with Gasteiger partial charge in [-0.15, -0.1) is 0 Å². The van der Waals surface area contributed by atoms with Crippen LogP contribution >= 0.6 is 0 Å². The summed E-state index contributed by atoms with van der Waals surface area (Å²) in [6.45, 7) is 5.98. The number of nitrogens with two attached hydrogens (primary N) is 1. The molecule has 1 aliphatic heterocycles. The minimum Gasteiger partial charge on any atom is -0.369 e. The van der Waals surface area contributed by atoms with E-state index < -0.39 is 0 Å². The maximum Gasteiger partial charge on any atom is 0.246 e. The number of aryl methyl sites for hydroxylation is 2. The second-order valence-corrected chi connectivity index (χ2v) is 8.94. The van der Waals surface area contributed by atoms with Gasteiger partial charge in [0, 0.05) is 48.5 Å². The minimum atomic E-state index is 0.356. The molecule has 35 heavy (non-hydrogen) atoms. The maximum absolute atomic E-state index is 6.33. The fourth-order valence-electron chi connectivity index (χ4n) is 4.36.